The summed E-state index contributed by atoms with van der Waals surface area (Å²) >= 11 is 0. The van der Waals surface area contributed by atoms with Gasteiger partial charge in [-0.05, 0) is 31.4 Å². The lowest BCUT2D eigenvalue weighted by Gasteiger charge is -2.20. The summed E-state index contributed by atoms with van der Waals surface area (Å²) in [5, 5.41) is 9.12. The number of aliphatic carboxylic acids is 1. The van der Waals surface area contributed by atoms with Crippen molar-refractivity contribution >= 4 is 11.9 Å². The Hall–Kier alpha value is -1.98. The summed E-state index contributed by atoms with van der Waals surface area (Å²) in [5.74, 6) is -3.01. The molecule has 1 heterocycles. The number of carbonyl (C=O) groups is 2. The van der Waals surface area contributed by atoms with Crippen LogP contribution in [-0.4, -0.2) is 35.0 Å². The number of benzene rings is 1. The Morgan fingerprint density at radius 1 is 1.38 bits per heavy atom. The van der Waals surface area contributed by atoms with Crippen LogP contribution in [0.3, 0.4) is 0 Å². The molecule has 2 rings (SSSR count). The zero-order valence-electron chi connectivity index (χ0n) is 11.7. The molecule has 21 heavy (non-hydrogen) atoms. The lowest BCUT2D eigenvalue weighted by Crippen LogP contribution is -2.35. The van der Waals surface area contributed by atoms with Gasteiger partial charge in [-0.1, -0.05) is 12.1 Å². The molecule has 0 bridgehead atoms. The Labute approximate surface area is 121 Å². The molecule has 0 radical (unpaired) electrons. The predicted octanol–water partition coefficient (Wildman–Crippen LogP) is 2.22. The predicted molar refractivity (Wildman–Crippen MR) is 71.6 cm³/mol. The smallest absolute Gasteiger partial charge is 0.311 e. The minimum absolute atomic E-state index is 0.0378. The number of nitrogens with zero attached hydrogens (tertiary/aromatic N) is 1. The second kappa shape index (κ2) is 5.79. The van der Waals surface area contributed by atoms with Crippen LogP contribution in [0.25, 0.3) is 0 Å². The molecule has 114 valence electrons. The van der Waals surface area contributed by atoms with E-state index in [0.717, 1.165) is 6.07 Å². The first-order valence-corrected chi connectivity index (χ1v) is 6.77. The number of aryl methyl sites for hydroxylation is 1. The molecular weight excluding hydrogens is 280 g/mol. The van der Waals surface area contributed by atoms with Gasteiger partial charge in [0, 0.05) is 19.5 Å². The summed E-state index contributed by atoms with van der Waals surface area (Å²) in [4.78, 5) is 24.6. The molecule has 0 spiro atoms. The van der Waals surface area contributed by atoms with Crippen LogP contribution in [0.2, 0.25) is 0 Å². The maximum Gasteiger partial charge on any atom is 0.311 e. The van der Waals surface area contributed by atoms with Crippen LogP contribution in [-0.2, 0) is 16.0 Å². The fourth-order valence-corrected chi connectivity index (χ4v) is 2.49. The normalized spacial score (nSPS) is 21.6. The van der Waals surface area contributed by atoms with Gasteiger partial charge in [0.2, 0.25) is 5.91 Å². The van der Waals surface area contributed by atoms with Crippen molar-refractivity contribution in [1.82, 2.24) is 4.90 Å². The van der Waals surface area contributed by atoms with Crippen molar-refractivity contribution in [1.29, 1.82) is 0 Å². The molecule has 1 aromatic rings. The van der Waals surface area contributed by atoms with Gasteiger partial charge in [0.1, 0.15) is 0 Å². The van der Waals surface area contributed by atoms with Gasteiger partial charge in [0.05, 0.1) is 5.41 Å². The zero-order valence-corrected chi connectivity index (χ0v) is 11.7. The number of carboxylic acid groups (broad SMARTS) is 1. The zero-order chi connectivity index (χ0) is 15.6. The number of halogens is 2. The molecule has 0 aromatic heterocycles. The average molecular weight is 297 g/mol. The summed E-state index contributed by atoms with van der Waals surface area (Å²) in [6, 6.07) is 3.87. The van der Waals surface area contributed by atoms with Gasteiger partial charge in [-0.2, -0.15) is 0 Å². The van der Waals surface area contributed by atoms with Crippen molar-refractivity contribution in [2.45, 2.75) is 26.2 Å². The van der Waals surface area contributed by atoms with E-state index in [1.807, 2.05) is 0 Å². The SMILES string of the molecule is CC1(C(=O)O)CCN(C(=O)CCc2cccc(F)c2F)C1. The van der Waals surface area contributed by atoms with Gasteiger partial charge < -0.3 is 10.0 Å². The maximum absolute atomic E-state index is 13.5. The van der Waals surface area contributed by atoms with Crippen LogP contribution in [0.5, 0.6) is 0 Å². The molecule has 1 N–H and O–H groups in total. The first-order chi connectivity index (χ1) is 9.83. The molecule has 1 fully saturated rings. The van der Waals surface area contributed by atoms with Crippen LogP contribution in [0.4, 0.5) is 8.78 Å². The Morgan fingerprint density at radius 3 is 2.71 bits per heavy atom. The highest BCUT2D eigenvalue weighted by atomic mass is 19.2. The van der Waals surface area contributed by atoms with Gasteiger partial charge >= 0.3 is 5.97 Å². The minimum atomic E-state index is -0.931. The standard InChI is InChI=1S/C15H17F2NO3/c1-15(14(20)21)7-8-18(9-15)12(19)6-5-10-3-2-4-11(16)13(10)17/h2-4H,5-9H2,1H3,(H,20,21). The summed E-state index contributed by atoms with van der Waals surface area (Å²) in [6.07, 6.45) is 0.543. The summed E-state index contributed by atoms with van der Waals surface area (Å²) < 4.78 is 26.5. The first-order valence-electron chi connectivity index (χ1n) is 6.77. The molecule has 4 nitrogen and oxygen atoms in total. The minimum Gasteiger partial charge on any atom is -0.481 e. The highest BCUT2D eigenvalue weighted by Gasteiger charge is 2.41. The Bertz CT molecular complexity index is 576. The van der Waals surface area contributed by atoms with Crippen LogP contribution in [0.15, 0.2) is 18.2 Å². The van der Waals surface area contributed by atoms with E-state index in [-0.39, 0.29) is 30.9 Å². The topological polar surface area (TPSA) is 57.6 Å². The molecule has 1 amide bonds. The van der Waals surface area contributed by atoms with Gasteiger partial charge in [0.15, 0.2) is 11.6 Å². The number of rotatable bonds is 4. The molecule has 1 aliphatic rings. The third-order valence-corrected chi connectivity index (χ3v) is 3.98. The average Bonchev–Trinajstić information content (AvgIpc) is 2.84. The highest BCUT2D eigenvalue weighted by Crippen LogP contribution is 2.30. The second-order valence-corrected chi connectivity index (χ2v) is 5.64. The molecule has 1 atom stereocenters. The Kier molecular flexibility index (Phi) is 4.25. The van der Waals surface area contributed by atoms with E-state index in [4.69, 9.17) is 5.11 Å². The molecule has 6 heteroatoms. The van der Waals surface area contributed by atoms with Crippen molar-refractivity contribution in [3.63, 3.8) is 0 Å². The molecule has 1 saturated heterocycles. The molecule has 1 unspecified atom stereocenters. The number of carboxylic acids is 1. The van der Waals surface area contributed by atoms with E-state index in [1.54, 1.807) is 6.92 Å². The van der Waals surface area contributed by atoms with Crippen molar-refractivity contribution in [2.75, 3.05) is 13.1 Å². The molecule has 0 saturated carbocycles. The monoisotopic (exact) mass is 297 g/mol. The molecule has 1 aliphatic heterocycles. The van der Waals surface area contributed by atoms with E-state index in [2.05, 4.69) is 0 Å². The number of hydrogen-bond donors (Lipinski definition) is 1. The van der Waals surface area contributed by atoms with Gasteiger partial charge in [0.25, 0.3) is 0 Å². The van der Waals surface area contributed by atoms with E-state index in [9.17, 15) is 18.4 Å². The van der Waals surface area contributed by atoms with Crippen molar-refractivity contribution in [2.24, 2.45) is 5.41 Å². The van der Waals surface area contributed by atoms with Crippen LogP contribution < -0.4 is 0 Å². The van der Waals surface area contributed by atoms with Crippen molar-refractivity contribution in [3.05, 3.63) is 35.4 Å². The first kappa shape index (κ1) is 15.4. The van der Waals surface area contributed by atoms with Gasteiger partial charge in [-0.3, -0.25) is 9.59 Å². The Morgan fingerprint density at radius 2 is 2.10 bits per heavy atom. The highest BCUT2D eigenvalue weighted by molar-refractivity contribution is 5.80. The number of amides is 1. The molecular formula is C15H17F2NO3. The van der Waals surface area contributed by atoms with E-state index < -0.39 is 23.0 Å². The van der Waals surface area contributed by atoms with Crippen LogP contribution in [0.1, 0.15) is 25.3 Å². The second-order valence-electron chi connectivity index (χ2n) is 5.64. The molecule has 0 aliphatic carbocycles. The largest absolute Gasteiger partial charge is 0.481 e. The Balaban J connectivity index is 1.94. The fraction of sp³-hybridized carbons (Fsp3) is 0.467. The van der Waals surface area contributed by atoms with Gasteiger partial charge in [-0.15, -0.1) is 0 Å². The van der Waals surface area contributed by atoms with Crippen molar-refractivity contribution < 1.29 is 23.5 Å². The summed E-state index contributed by atoms with van der Waals surface area (Å²) in [5.41, 5.74) is -0.761. The van der Waals surface area contributed by atoms with Crippen molar-refractivity contribution in [3.8, 4) is 0 Å². The van der Waals surface area contributed by atoms with Crippen LogP contribution in [0, 0.1) is 17.0 Å². The van der Waals surface area contributed by atoms with Gasteiger partial charge in [-0.25, -0.2) is 8.78 Å². The lowest BCUT2D eigenvalue weighted by atomic mass is 9.90. The van der Waals surface area contributed by atoms with Crippen LogP contribution >= 0.6 is 0 Å². The van der Waals surface area contributed by atoms with E-state index in [1.165, 1.54) is 17.0 Å². The summed E-state index contributed by atoms with van der Waals surface area (Å²) in [7, 11) is 0. The maximum atomic E-state index is 13.5. The lowest BCUT2D eigenvalue weighted by molar-refractivity contribution is -0.147. The molecule has 1 aromatic carbocycles. The number of hydrogen-bond acceptors (Lipinski definition) is 2. The van der Waals surface area contributed by atoms with E-state index >= 15 is 0 Å². The third kappa shape index (κ3) is 3.20. The van der Waals surface area contributed by atoms with E-state index in [0.29, 0.717) is 13.0 Å². The number of carbonyl (C=O) groups excluding carboxylic acids is 1. The fourth-order valence-electron chi connectivity index (χ4n) is 2.49. The quantitative estimate of drug-likeness (QED) is 0.927. The third-order valence-electron chi connectivity index (χ3n) is 3.98. The number of likely N-dealkylation sites (tertiary alicyclic amines) is 1. The summed E-state index contributed by atoms with van der Waals surface area (Å²) in [6.45, 7) is 2.15.